The monoisotopic (exact) mass is 524 g/mol. The fourth-order valence-corrected chi connectivity index (χ4v) is 4.40. The molecule has 0 bridgehead atoms. The van der Waals surface area contributed by atoms with E-state index in [0.29, 0.717) is 22.8 Å². The highest BCUT2D eigenvalue weighted by Gasteiger charge is 2.27. The fraction of sp³-hybridized carbons (Fsp3) is 0.304. The Morgan fingerprint density at radius 2 is 1.94 bits per heavy atom. The molecule has 0 aliphatic carbocycles. The minimum Gasteiger partial charge on any atom is -0.494 e. The van der Waals surface area contributed by atoms with Crippen LogP contribution < -0.4 is 25.7 Å². The highest BCUT2D eigenvalue weighted by molar-refractivity contribution is 9.10. The fourth-order valence-electron chi connectivity index (χ4n) is 4.11. The van der Waals surface area contributed by atoms with Gasteiger partial charge < -0.3 is 34.8 Å². The first kappa shape index (κ1) is 22.9. The van der Waals surface area contributed by atoms with Gasteiger partial charge in [0.1, 0.15) is 11.6 Å². The topological polar surface area (TPSA) is 95.0 Å². The zero-order valence-corrected chi connectivity index (χ0v) is 20.7. The summed E-state index contributed by atoms with van der Waals surface area (Å²) in [6.07, 6.45) is 1.69. The van der Waals surface area contributed by atoms with Crippen LogP contribution >= 0.6 is 15.9 Å². The van der Waals surface area contributed by atoms with Crippen LogP contribution in [0.1, 0.15) is 5.56 Å². The van der Waals surface area contributed by atoms with Crippen molar-refractivity contribution in [2.24, 2.45) is 0 Å². The second-order valence-corrected chi connectivity index (χ2v) is 9.25. The van der Waals surface area contributed by atoms with Crippen molar-refractivity contribution in [3.63, 3.8) is 0 Å². The second-order valence-electron chi connectivity index (χ2n) is 8.39. The standard InChI is InChI=1S/C23H26BBrN6O3/c1-30-7-9-31(10-8-30)17-5-6-20(21(12-17)33-2)28-23-26-13-19(25)22(29-23)27-16-4-3-15-14-34-24(32)18(15)11-16/h3-6,11-13,32H,7-10,14H2,1-2H3,(H2,26,27,28,29). The molecule has 5 rings (SSSR count). The first-order chi connectivity index (χ1) is 16.5. The van der Waals surface area contributed by atoms with Crippen LogP contribution in [0.5, 0.6) is 5.75 Å². The van der Waals surface area contributed by atoms with Crippen molar-refractivity contribution >= 4 is 57.3 Å². The van der Waals surface area contributed by atoms with Crippen LogP contribution in [0.4, 0.5) is 28.8 Å². The molecule has 0 amide bonds. The molecule has 1 fully saturated rings. The predicted molar refractivity (Wildman–Crippen MR) is 138 cm³/mol. The average molecular weight is 525 g/mol. The number of aromatic nitrogens is 2. The Kier molecular flexibility index (Phi) is 6.60. The van der Waals surface area contributed by atoms with E-state index in [9.17, 15) is 5.02 Å². The minimum atomic E-state index is -0.899. The Morgan fingerprint density at radius 3 is 2.74 bits per heavy atom. The number of anilines is 5. The van der Waals surface area contributed by atoms with Crippen LogP contribution in [0.15, 0.2) is 47.1 Å². The number of piperazine rings is 1. The van der Waals surface area contributed by atoms with Crippen LogP contribution in [0.3, 0.4) is 0 Å². The number of nitrogens with one attached hydrogen (secondary N) is 2. The molecule has 1 saturated heterocycles. The van der Waals surface area contributed by atoms with Crippen molar-refractivity contribution in [1.29, 1.82) is 0 Å². The van der Waals surface area contributed by atoms with E-state index in [1.54, 1.807) is 13.3 Å². The SMILES string of the molecule is COc1cc(N2CCN(C)CC2)ccc1Nc1ncc(Br)c(Nc2ccc3c(c2)B(O)OC3)n1. The number of nitrogens with zero attached hydrogens (tertiary/aromatic N) is 4. The summed E-state index contributed by atoms with van der Waals surface area (Å²) >= 11 is 3.51. The van der Waals surface area contributed by atoms with Gasteiger partial charge in [-0.05, 0) is 58.3 Å². The maximum absolute atomic E-state index is 9.99. The normalized spacial score (nSPS) is 15.9. The van der Waals surface area contributed by atoms with E-state index < -0.39 is 7.12 Å². The third-order valence-corrected chi connectivity index (χ3v) is 6.70. The molecular weight excluding hydrogens is 499 g/mol. The maximum Gasteiger partial charge on any atom is 0.491 e. The summed E-state index contributed by atoms with van der Waals surface area (Å²) in [5.74, 6) is 1.75. The number of methoxy groups -OCH3 is 1. The number of fused-ring (bicyclic) bond motifs is 1. The van der Waals surface area contributed by atoms with E-state index in [4.69, 9.17) is 9.39 Å². The third-order valence-electron chi connectivity index (χ3n) is 6.12. The molecule has 9 nitrogen and oxygen atoms in total. The lowest BCUT2D eigenvalue weighted by Crippen LogP contribution is -2.44. The van der Waals surface area contributed by atoms with Crippen LogP contribution in [0.2, 0.25) is 0 Å². The molecule has 3 heterocycles. The summed E-state index contributed by atoms with van der Waals surface area (Å²) in [5.41, 5.74) is 4.46. The number of ether oxygens (including phenoxy) is 1. The minimum absolute atomic E-state index is 0.414. The number of hydrogen-bond acceptors (Lipinski definition) is 9. The van der Waals surface area contributed by atoms with Gasteiger partial charge in [-0.15, -0.1) is 0 Å². The molecule has 3 N–H and O–H groups in total. The van der Waals surface area contributed by atoms with Gasteiger partial charge in [-0.1, -0.05) is 6.07 Å². The van der Waals surface area contributed by atoms with E-state index in [1.807, 2.05) is 30.3 Å². The summed E-state index contributed by atoms with van der Waals surface area (Å²) in [7, 11) is 2.91. The molecule has 2 aromatic carbocycles. The van der Waals surface area contributed by atoms with Crippen molar-refractivity contribution < 1.29 is 14.4 Å². The van der Waals surface area contributed by atoms with E-state index in [2.05, 4.69) is 59.4 Å². The van der Waals surface area contributed by atoms with E-state index in [1.165, 1.54) is 0 Å². The lowest BCUT2D eigenvalue weighted by molar-refractivity contribution is 0.275. The van der Waals surface area contributed by atoms with Gasteiger partial charge in [0, 0.05) is 49.8 Å². The van der Waals surface area contributed by atoms with Crippen LogP contribution in [-0.2, 0) is 11.3 Å². The zero-order chi connectivity index (χ0) is 23.7. The number of likely N-dealkylation sites (N-methyl/N-ethyl adjacent to an activating group) is 1. The lowest BCUT2D eigenvalue weighted by Gasteiger charge is -2.34. The molecule has 3 aromatic rings. The molecule has 34 heavy (non-hydrogen) atoms. The molecular formula is C23H26BBrN6O3. The Hall–Kier alpha value is -2.86. The second kappa shape index (κ2) is 9.79. The molecule has 1 aromatic heterocycles. The molecule has 11 heteroatoms. The smallest absolute Gasteiger partial charge is 0.491 e. The van der Waals surface area contributed by atoms with Crippen molar-refractivity contribution in [1.82, 2.24) is 14.9 Å². The van der Waals surface area contributed by atoms with Gasteiger partial charge >= 0.3 is 7.12 Å². The van der Waals surface area contributed by atoms with E-state index >= 15 is 0 Å². The van der Waals surface area contributed by atoms with Crippen molar-refractivity contribution in [2.75, 3.05) is 55.9 Å². The maximum atomic E-state index is 9.99. The van der Waals surface area contributed by atoms with Crippen LogP contribution in [0, 0.1) is 0 Å². The average Bonchev–Trinajstić information content (AvgIpc) is 3.22. The van der Waals surface area contributed by atoms with Gasteiger partial charge in [-0.25, -0.2) is 4.98 Å². The Bertz CT molecular complexity index is 1190. The molecule has 176 valence electrons. The molecule has 0 atom stereocenters. The highest BCUT2D eigenvalue weighted by Crippen LogP contribution is 2.33. The molecule has 0 saturated carbocycles. The Morgan fingerprint density at radius 1 is 1.12 bits per heavy atom. The molecule has 0 spiro atoms. The number of rotatable bonds is 6. The summed E-state index contributed by atoms with van der Waals surface area (Å²) in [4.78, 5) is 13.7. The van der Waals surface area contributed by atoms with Gasteiger partial charge in [-0.2, -0.15) is 4.98 Å². The molecule has 0 unspecified atom stereocenters. The van der Waals surface area contributed by atoms with Crippen LogP contribution in [-0.4, -0.2) is 67.3 Å². The third kappa shape index (κ3) is 4.83. The van der Waals surface area contributed by atoms with Gasteiger partial charge in [0.05, 0.1) is 23.9 Å². The first-order valence-electron chi connectivity index (χ1n) is 11.1. The van der Waals surface area contributed by atoms with E-state index in [-0.39, 0.29) is 0 Å². The van der Waals surface area contributed by atoms with Gasteiger partial charge in [0.25, 0.3) is 0 Å². The first-order valence-corrected chi connectivity index (χ1v) is 11.9. The Balaban J connectivity index is 1.34. The molecule has 2 aliphatic heterocycles. The summed E-state index contributed by atoms with van der Waals surface area (Å²) in [6.45, 7) is 4.48. The summed E-state index contributed by atoms with van der Waals surface area (Å²) in [5, 5.41) is 16.5. The number of halogens is 1. The summed E-state index contributed by atoms with van der Waals surface area (Å²) < 4.78 is 11.6. The van der Waals surface area contributed by atoms with Crippen molar-refractivity contribution in [3.05, 3.63) is 52.6 Å². The quantitative estimate of drug-likeness (QED) is 0.420. The van der Waals surface area contributed by atoms with Gasteiger partial charge in [0.15, 0.2) is 0 Å². The number of hydrogen-bond donors (Lipinski definition) is 3. The van der Waals surface area contributed by atoms with Gasteiger partial charge in [0.2, 0.25) is 5.95 Å². The van der Waals surface area contributed by atoms with Gasteiger partial charge in [-0.3, -0.25) is 0 Å². The summed E-state index contributed by atoms with van der Waals surface area (Å²) in [6, 6.07) is 11.9. The van der Waals surface area contributed by atoms with E-state index in [0.717, 1.165) is 60.0 Å². The van der Waals surface area contributed by atoms with Crippen molar-refractivity contribution in [3.8, 4) is 5.75 Å². The molecule has 2 aliphatic rings. The zero-order valence-electron chi connectivity index (χ0n) is 19.1. The van der Waals surface area contributed by atoms with Crippen molar-refractivity contribution in [2.45, 2.75) is 6.61 Å². The predicted octanol–water partition coefficient (Wildman–Crippen LogP) is 2.70. The lowest BCUT2D eigenvalue weighted by atomic mass is 9.79. The van der Waals surface area contributed by atoms with Crippen LogP contribution in [0.25, 0.3) is 0 Å². The molecule has 0 radical (unpaired) electrons. The largest absolute Gasteiger partial charge is 0.494 e. The number of benzene rings is 2. The Labute approximate surface area is 207 Å². The highest BCUT2D eigenvalue weighted by atomic mass is 79.9.